The number of ether oxygens (including phenoxy) is 5. The Morgan fingerprint density at radius 1 is 1.00 bits per heavy atom. The van der Waals surface area contributed by atoms with Crippen molar-refractivity contribution in [3.8, 4) is 0 Å². The van der Waals surface area contributed by atoms with Crippen molar-refractivity contribution < 1.29 is 38.1 Å². The predicted octanol–water partition coefficient (Wildman–Crippen LogP) is 2.68. The molecule has 0 radical (unpaired) electrons. The van der Waals surface area contributed by atoms with Crippen LogP contribution in [0.5, 0.6) is 0 Å². The van der Waals surface area contributed by atoms with Crippen LogP contribution in [0.2, 0.25) is 0 Å². The van der Waals surface area contributed by atoms with Gasteiger partial charge >= 0.3 is 17.9 Å². The van der Waals surface area contributed by atoms with Gasteiger partial charge in [-0.25, -0.2) is 4.79 Å². The van der Waals surface area contributed by atoms with Gasteiger partial charge in [-0.15, -0.1) is 0 Å². The van der Waals surface area contributed by atoms with Crippen molar-refractivity contribution in [1.29, 1.82) is 0 Å². The summed E-state index contributed by atoms with van der Waals surface area (Å²) in [7, 11) is 1.62. The lowest BCUT2D eigenvalue weighted by Gasteiger charge is -2.28. The van der Waals surface area contributed by atoms with Crippen LogP contribution in [0, 0.1) is 0 Å². The maximum absolute atomic E-state index is 11.9. The second kappa shape index (κ2) is 14.1. The minimum absolute atomic E-state index is 0.242. The zero-order valence-electron chi connectivity index (χ0n) is 16.9. The average molecular weight is 400 g/mol. The van der Waals surface area contributed by atoms with Gasteiger partial charge in [0.15, 0.2) is 0 Å². The van der Waals surface area contributed by atoms with Gasteiger partial charge in [-0.05, 0) is 32.6 Å². The second-order valence-corrected chi connectivity index (χ2v) is 6.75. The smallest absolute Gasteiger partial charge is 0.333 e. The summed E-state index contributed by atoms with van der Waals surface area (Å²) < 4.78 is 26.1. The van der Waals surface area contributed by atoms with Gasteiger partial charge in [0, 0.05) is 45.0 Å². The number of esters is 3. The Labute approximate surface area is 166 Å². The standard InChI is InChI=1S/C20H32O8/c1-15(2)20(23)26-12-7-5-8-17(21)27-16-10-13-25-19(14-16)28-18(22)9-4-6-11-24-3/h16,19H,1,4-14H2,2-3H3. The summed E-state index contributed by atoms with van der Waals surface area (Å²) >= 11 is 0. The van der Waals surface area contributed by atoms with Crippen LogP contribution in [-0.4, -0.2) is 57.2 Å². The predicted molar refractivity (Wildman–Crippen MR) is 100 cm³/mol. The van der Waals surface area contributed by atoms with Crippen LogP contribution in [0.3, 0.4) is 0 Å². The molecule has 0 aliphatic carbocycles. The minimum atomic E-state index is -0.678. The van der Waals surface area contributed by atoms with Crippen molar-refractivity contribution in [2.75, 3.05) is 26.9 Å². The van der Waals surface area contributed by atoms with E-state index in [0.717, 1.165) is 6.42 Å². The molecular weight excluding hydrogens is 368 g/mol. The lowest BCUT2D eigenvalue weighted by molar-refractivity contribution is -0.202. The first-order valence-corrected chi connectivity index (χ1v) is 9.74. The molecule has 160 valence electrons. The lowest BCUT2D eigenvalue weighted by Crippen LogP contribution is -2.35. The van der Waals surface area contributed by atoms with Crippen molar-refractivity contribution in [2.24, 2.45) is 0 Å². The highest BCUT2D eigenvalue weighted by molar-refractivity contribution is 5.86. The number of rotatable bonds is 13. The zero-order chi connectivity index (χ0) is 20.8. The topological polar surface area (TPSA) is 97.4 Å². The van der Waals surface area contributed by atoms with Crippen molar-refractivity contribution in [2.45, 2.75) is 70.7 Å². The molecule has 0 N–H and O–H groups in total. The Balaban J connectivity index is 2.16. The van der Waals surface area contributed by atoms with E-state index in [4.69, 9.17) is 23.7 Å². The molecule has 0 bridgehead atoms. The molecule has 1 fully saturated rings. The summed E-state index contributed by atoms with van der Waals surface area (Å²) in [5.41, 5.74) is 0.351. The fraction of sp³-hybridized carbons (Fsp3) is 0.750. The van der Waals surface area contributed by atoms with Crippen LogP contribution in [0.15, 0.2) is 12.2 Å². The number of unbranched alkanes of at least 4 members (excludes halogenated alkanes) is 2. The maximum Gasteiger partial charge on any atom is 0.333 e. The van der Waals surface area contributed by atoms with Gasteiger partial charge in [-0.1, -0.05) is 6.58 Å². The van der Waals surface area contributed by atoms with Crippen molar-refractivity contribution >= 4 is 17.9 Å². The largest absolute Gasteiger partial charge is 0.462 e. The van der Waals surface area contributed by atoms with Crippen LogP contribution in [-0.2, 0) is 38.1 Å². The van der Waals surface area contributed by atoms with Crippen molar-refractivity contribution in [3.63, 3.8) is 0 Å². The summed E-state index contributed by atoms with van der Waals surface area (Å²) in [5.74, 6) is -1.07. The van der Waals surface area contributed by atoms with Crippen LogP contribution in [0.1, 0.15) is 58.3 Å². The normalized spacial score (nSPS) is 18.9. The molecule has 1 aliphatic heterocycles. The first-order chi connectivity index (χ1) is 13.4. The van der Waals surface area contributed by atoms with E-state index in [1.54, 1.807) is 14.0 Å². The van der Waals surface area contributed by atoms with E-state index in [1.807, 2.05) is 0 Å². The highest BCUT2D eigenvalue weighted by atomic mass is 16.7. The van der Waals surface area contributed by atoms with Gasteiger partial charge in [0.2, 0.25) is 6.29 Å². The Morgan fingerprint density at radius 3 is 2.29 bits per heavy atom. The third-order valence-corrected chi connectivity index (χ3v) is 4.10. The molecule has 2 unspecified atom stereocenters. The van der Waals surface area contributed by atoms with Gasteiger partial charge in [-0.2, -0.15) is 0 Å². The summed E-state index contributed by atoms with van der Waals surface area (Å²) in [6.07, 6.45) is 3.09. The van der Waals surface area contributed by atoms with E-state index in [2.05, 4.69) is 6.58 Å². The van der Waals surface area contributed by atoms with Crippen LogP contribution < -0.4 is 0 Å². The molecular formula is C20H32O8. The van der Waals surface area contributed by atoms with Gasteiger partial charge in [0.05, 0.1) is 13.2 Å². The van der Waals surface area contributed by atoms with Crippen LogP contribution in [0.4, 0.5) is 0 Å². The Morgan fingerprint density at radius 2 is 1.64 bits per heavy atom. The molecule has 1 heterocycles. The van der Waals surface area contributed by atoms with E-state index in [0.29, 0.717) is 57.3 Å². The molecule has 1 rings (SSSR count). The molecule has 0 aromatic rings. The van der Waals surface area contributed by atoms with Gasteiger partial charge < -0.3 is 23.7 Å². The quantitative estimate of drug-likeness (QED) is 0.201. The summed E-state index contributed by atoms with van der Waals surface area (Å²) in [4.78, 5) is 35.0. The van der Waals surface area contributed by atoms with Crippen molar-refractivity contribution in [3.05, 3.63) is 12.2 Å². The molecule has 28 heavy (non-hydrogen) atoms. The third-order valence-electron chi connectivity index (χ3n) is 4.10. The molecule has 1 saturated heterocycles. The fourth-order valence-corrected chi connectivity index (χ4v) is 2.55. The fourth-order valence-electron chi connectivity index (χ4n) is 2.55. The molecule has 8 heteroatoms. The number of carbonyl (C=O) groups is 3. The Kier molecular flexibility index (Phi) is 12.2. The molecule has 2 atom stereocenters. The van der Waals surface area contributed by atoms with Crippen LogP contribution >= 0.6 is 0 Å². The highest BCUT2D eigenvalue weighted by Crippen LogP contribution is 2.19. The molecule has 0 spiro atoms. The SMILES string of the molecule is C=C(C)C(=O)OCCCCC(=O)OC1CCOC(OC(=O)CCCCOC)C1. The second-order valence-electron chi connectivity index (χ2n) is 6.75. The van der Waals surface area contributed by atoms with Crippen LogP contribution in [0.25, 0.3) is 0 Å². The van der Waals surface area contributed by atoms with E-state index >= 15 is 0 Å². The number of hydrogen-bond donors (Lipinski definition) is 0. The maximum atomic E-state index is 11.9. The Hall–Kier alpha value is -1.93. The summed E-state index contributed by atoms with van der Waals surface area (Å²) in [5, 5.41) is 0. The molecule has 1 aliphatic rings. The molecule has 0 aromatic heterocycles. The number of carbonyl (C=O) groups excluding carboxylic acids is 3. The van der Waals surface area contributed by atoms with Gasteiger partial charge in [0.25, 0.3) is 0 Å². The monoisotopic (exact) mass is 400 g/mol. The number of hydrogen-bond acceptors (Lipinski definition) is 8. The first-order valence-electron chi connectivity index (χ1n) is 9.74. The van der Waals surface area contributed by atoms with E-state index in [-0.39, 0.29) is 31.1 Å². The first kappa shape index (κ1) is 24.1. The number of methoxy groups -OCH3 is 1. The Bertz CT molecular complexity index is 516. The zero-order valence-corrected chi connectivity index (χ0v) is 16.9. The molecule has 8 nitrogen and oxygen atoms in total. The van der Waals surface area contributed by atoms with Gasteiger partial charge in [-0.3, -0.25) is 9.59 Å². The summed E-state index contributed by atoms with van der Waals surface area (Å²) in [6, 6.07) is 0. The van der Waals surface area contributed by atoms with E-state index < -0.39 is 12.3 Å². The lowest BCUT2D eigenvalue weighted by atomic mass is 10.1. The minimum Gasteiger partial charge on any atom is -0.462 e. The molecule has 0 saturated carbocycles. The highest BCUT2D eigenvalue weighted by Gasteiger charge is 2.27. The third kappa shape index (κ3) is 11.0. The average Bonchev–Trinajstić information content (AvgIpc) is 2.65. The molecule has 0 amide bonds. The van der Waals surface area contributed by atoms with Gasteiger partial charge in [0.1, 0.15) is 6.10 Å². The molecule has 0 aromatic carbocycles. The van der Waals surface area contributed by atoms with E-state index in [1.165, 1.54) is 0 Å². The summed E-state index contributed by atoms with van der Waals surface area (Å²) in [6.45, 7) is 6.31. The van der Waals surface area contributed by atoms with E-state index in [9.17, 15) is 14.4 Å². The van der Waals surface area contributed by atoms with Crippen molar-refractivity contribution in [1.82, 2.24) is 0 Å².